The van der Waals surface area contributed by atoms with Crippen molar-refractivity contribution in [3.63, 3.8) is 0 Å². The van der Waals surface area contributed by atoms with Crippen molar-refractivity contribution in [3.05, 3.63) is 29.6 Å². The normalized spacial score (nSPS) is 27.8. The molecule has 1 aromatic heterocycles. The van der Waals surface area contributed by atoms with Crippen molar-refractivity contribution >= 4 is 5.84 Å². The molecule has 0 aliphatic carbocycles. The number of aromatic nitrogens is 1. The van der Waals surface area contributed by atoms with Crippen molar-refractivity contribution in [1.29, 1.82) is 0 Å². The summed E-state index contributed by atoms with van der Waals surface area (Å²) in [6.45, 7) is 6.53. The predicted molar refractivity (Wildman–Crippen MR) is 81.2 cm³/mol. The van der Waals surface area contributed by atoms with Gasteiger partial charge in [0.05, 0.1) is 0 Å². The summed E-state index contributed by atoms with van der Waals surface area (Å²) in [5.74, 6) is 0.0813. The minimum absolute atomic E-state index is 0.0813. The summed E-state index contributed by atoms with van der Waals surface area (Å²) in [5.41, 5.74) is 7.33. The standard InChI is InChI=1S/C15H23N5O/c1-11-8-19-7-3-5-13(19)10-20(11)9-12-4-2-6-17-14(12)15(16)18-21/h2,4,6,11,13,21H,3,5,7-10H2,1H3,(H2,16,18). The molecule has 3 N–H and O–H groups in total. The molecule has 2 atom stereocenters. The molecule has 2 saturated heterocycles. The second-order valence-corrected chi connectivity index (χ2v) is 6.07. The van der Waals surface area contributed by atoms with Gasteiger partial charge in [0.2, 0.25) is 0 Å². The Balaban J connectivity index is 1.77. The van der Waals surface area contributed by atoms with Gasteiger partial charge in [0.15, 0.2) is 5.84 Å². The molecular weight excluding hydrogens is 266 g/mol. The minimum atomic E-state index is 0.0813. The van der Waals surface area contributed by atoms with E-state index in [-0.39, 0.29) is 5.84 Å². The Morgan fingerprint density at radius 2 is 2.38 bits per heavy atom. The fourth-order valence-electron chi connectivity index (χ4n) is 3.53. The molecule has 0 radical (unpaired) electrons. The minimum Gasteiger partial charge on any atom is -0.409 e. The maximum Gasteiger partial charge on any atom is 0.189 e. The first-order chi connectivity index (χ1) is 10.2. The Morgan fingerprint density at radius 1 is 1.52 bits per heavy atom. The van der Waals surface area contributed by atoms with E-state index < -0.39 is 0 Å². The van der Waals surface area contributed by atoms with Crippen molar-refractivity contribution in [2.75, 3.05) is 19.6 Å². The molecule has 21 heavy (non-hydrogen) atoms. The van der Waals surface area contributed by atoms with E-state index in [2.05, 4.69) is 26.9 Å². The van der Waals surface area contributed by atoms with Crippen LogP contribution in [-0.2, 0) is 6.54 Å². The zero-order valence-corrected chi connectivity index (χ0v) is 12.4. The maximum atomic E-state index is 8.90. The number of fused-ring (bicyclic) bond motifs is 1. The molecule has 114 valence electrons. The highest BCUT2D eigenvalue weighted by Crippen LogP contribution is 2.26. The number of oxime groups is 1. The van der Waals surface area contributed by atoms with E-state index in [0.717, 1.165) is 25.2 Å². The van der Waals surface area contributed by atoms with Crippen molar-refractivity contribution in [1.82, 2.24) is 14.8 Å². The molecule has 2 aliphatic heterocycles. The van der Waals surface area contributed by atoms with Gasteiger partial charge in [-0.2, -0.15) is 0 Å². The van der Waals surface area contributed by atoms with Gasteiger partial charge >= 0.3 is 0 Å². The Labute approximate surface area is 125 Å². The largest absolute Gasteiger partial charge is 0.409 e. The molecule has 2 aliphatic rings. The molecule has 6 nitrogen and oxygen atoms in total. The van der Waals surface area contributed by atoms with E-state index >= 15 is 0 Å². The molecule has 1 aromatic rings. The second-order valence-electron chi connectivity index (χ2n) is 6.07. The fourth-order valence-corrected chi connectivity index (χ4v) is 3.53. The summed E-state index contributed by atoms with van der Waals surface area (Å²) >= 11 is 0. The van der Waals surface area contributed by atoms with Crippen LogP contribution in [0.5, 0.6) is 0 Å². The molecule has 0 spiro atoms. The van der Waals surface area contributed by atoms with Crippen molar-refractivity contribution < 1.29 is 5.21 Å². The van der Waals surface area contributed by atoms with Gasteiger partial charge in [-0.1, -0.05) is 11.2 Å². The van der Waals surface area contributed by atoms with Gasteiger partial charge in [-0.25, -0.2) is 0 Å². The number of nitrogens with zero attached hydrogens (tertiary/aromatic N) is 4. The van der Waals surface area contributed by atoms with E-state index in [1.165, 1.54) is 19.4 Å². The van der Waals surface area contributed by atoms with E-state index in [4.69, 9.17) is 10.9 Å². The lowest BCUT2D eigenvalue weighted by Crippen LogP contribution is -2.54. The van der Waals surface area contributed by atoms with Gasteiger partial charge in [0.1, 0.15) is 5.69 Å². The smallest absolute Gasteiger partial charge is 0.189 e. The first-order valence-corrected chi connectivity index (χ1v) is 7.59. The maximum absolute atomic E-state index is 8.90. The van der Waals surface area contributed by atoms with Crippen LogP contribution in [0.1, 0.15) is 31.0 Å². The monoisotopic (exact) mass is 289 g/mol. The van der Waals surface area contributed by atoms with Crippen LogP contribution in [-0.4, -0.2) is 57.5 Å². The average Bonchev–Trinajstić information content (AvgIpc) is 2.94. The van der Waals surface area contributed by atoms with E-state index in [1.807, 2.05) is 12.1 Å². The molecule has 0 bridgehead atoms. The van der Waals surface area contributed by atoms with Crippen LogP contribution >= 0.6 is 0 Å². The second kappa shape index (κ2) is 5.99. The van der Waals surface area contributed by atoms with Gasteiger partial charge in [0, 0.05) is 37.9 Å². The molecule has 0 amide bonds. The van der Waals surface area contributed by atoms with Crippen LogP contribution in [0.3, 0.4) is 0 Å². The van der Waals surface area contributed by atoms with E-state index in [9.17, 15) is 0 Å². The zero-order valence-electron chi connectivity index (χ0n) is 12.4. The summed E-state index contributed by atoms with van der Waals surface area (Å²) in [6.07, 6.45) is 4.28. The molecule has 2 fully saturated rings. The number of rotatable bonds is 3. The van der Waals surface area contributed by atoms with Gasteiger partial charge in [-0.05, 0) is 37.9 Å². The molecular formula is C15H23N5O. The molecule has 3 heterocycles. The summed E-state index contributed by atoms with van der Waals surface area (Å²) in [5, 5.41) is 12.0. The summed E-state index contributed by atoms with van der Waals surface area (Å²) in [4.78, 5) is 9.34. The Bertz CT molecular complexity index is 533. The van der Waals surface area contributed by atoms with Crippen LogP contribution < -0.4 is 5.73 Å². The van der Waals surface area contributed by atoms with Crippen LogP contribution in [0.15, 0.2) is 23.5 Å². The fraction of sp³-hybridized carbons (Fsp3) is 0.600. The molecule has 0 saturated carbocycles. The number of amidine groups is 1. The molecule has 2 unspecified atom stereocenters. The van der Waals surface area contributed by atoms with Gasteiger partial charge in [-0.3, -0.25) is 14.8 Å². The van der Waals surface area contributed by atoms with Crippen molar-refractivity contribution in [2.45, 2.75) is 38.4 Å². The zero-order chi connectivity index (χ0) is 14.8. The third-order valence-corrected chi connectivity index (χ3v) is 4.68. The third kappa shape index (κ3) is 2.87. The quantitative estimate of drug-likeness (QED) is 0.373. The Hall–Kier alpha value is -1.66. The topological polar surface area (TPSA) is 78.0 Å². The highest BCUT2D eigenvalue weighted by molar-refractivity contribution is 5.96. The Morgan fingerprint density at radius 3 is 3.19 bits per heavy atom. The van der Waals surface area contributed by atoms with Crippen LogP contribution in [0.25, 0.3) is 0 Å². The van der Waals surface area contributed by atoms with Crippen LogP contribution in [0.2, 0.25) is 0 Å². The summed E-state index contributed by atoms with van der Waals surface area (Å²) in [7, 11) is 0. The number of piperazine rings is 1. The molecule has 3 rings (SSSR count). The van der Waals surface area contributed by atoms with E-state index in [1.54, 1.807) is 6.20 Å². The number of nitrogens with two attached hydrogens (primary N) is 1. The van der Waals surface area contributed by atoms with Crippen molar-refractivity contribution in [3.8, 4) is 0 Å². The lowest BCUT2D eigenvalue weighted by molar-refractivity contribution is 0.0539. The molecule has 6 heteroatoms. The number of hydrogen-bond donors (Lipinski definition) is 2. The van der Waals surface area contributed by atoms with Crippen LogP contribution in [0.4, 0.5) is 0 Å². The highest BCUT2D eigenvalue weighted by Gasteiger charge is 2.34. The van der Waals surface area contributed by atoms with Gasteiger partial charge in [-0.15, -0.1) is 0 Å². The average molecular weight is 289 g/mol. The SMILES string of the molecule is CC1CN2CCCC2CN1Cc1cccnc1/C(N)=N/O. The first kappa shape index (κ1) is 14.3. The summed E-state index contributed by atoms with van der Waals surface area (Å²) in [6, 6.07) is 5.11. The first-order valence-electron chi connectivity index (χ1n) is 7.59. The van der Waals surface area contributed by atoms with Crippen molar-refractivity contribution in [2.24, 2.45) is 10.9 Å². The third-order valence-electron chi connectivity index (χ3n) is 4.68. The lowest BCUT2D eigenvalue weighted by Gasteiger charge is -2.42. The Kier molecular flexibility index (Phi) is 4.07. The van der Waals surface area contributed by atoms with E-state index in [0.29, 0.717) is 17.8 Å². The number of pyridine rings is 1. The summed E-state index contributed by atoms with van der Waals surface area (Å²) < 4.78 is 0. The highest BCUT2D eigenvalue weighted by atomic mass is 16.4. The number of hydrogen-bond acceptors (Lipinski definition) is 5. The van der Waals surface area contributed by atoms with Gasteiger partial charge < -0.3 is 10.9 Å². The lowest BCUT2D eigenvalue weighted by atomic mass is 10.1. The van der Waals surface area contributed by atoms with Gasteiger partial charge in [0.25, 0.3) is 0 Å². The predicted octanol–water partition coefficient (Wildman–Crippen LogP) is 0.845. The van der Waals surface area contributed by atoms with Crippen LogP contribution in [0, 0.1) is 0 Å². The molecule has 0 aromatic carbocycles.